The maximum absolute atomic E-state index is 12.3. The molecule has 0 aliphatic heterocycles. The van der Waals surface area contributed by atoms with Crippen LogP contribution in [-0.2, 0) is 11.9 Å². The monoisotopic (exact) mass is 351 g/mol. The fourth-order valence-electron chi connectivity index (χ4n) is 1.53. The van der Waals surface area contributed by atoms with E-state index in [1.807, 2.05) is 0 Å². The molecule has 0 spiro atoms. The number of nitrogens with zero attached hydrogens (tertiary/aromatic N) is 3. The molecule has 0 N–H and O–H groups in total. The van der Waals surface area contributed by atoms with Gasteiger partial charge in [-0.2, -0.15) is 8.78 Å². The average Bonchev–Trinajstić information content (AvgIpc) is 2.80. The van der Waals surface area contributed by atoms with Crippen LogP contribution in [0.3, 0.4) is 0 Å². The van der Waals surface area contributed by atoms with E-state index in [0.717, 1.165) is 5.69 Å². The molecule has 2 rings (SSSR count). The molecule has 0 aliphatic carbocycles. The predicted molar refractivity (Wildman–Crippen MR) is 69.8 cm³/mol. The highest BCUT2D eigenvalue weighted by Crippen LogP contribution is 2.25. The van der Waals surface area contributed by atoms with Crippen molar-refractivity contribution in [1.29, 1.82) is 0 Å². The third-order valence-electron chi connectivity index (χ3n) is 2.29. The highest BCUT2D eigenvalue weighted by Gasteiger charge is 2.11. The Balaban J connectivity index is 2.24. The lowest BCUT2D eigenvalue weighted by Gasteiger charge is -2.10. The quantitative estimate of drug-likeness (QED) is 0.774. The molecule has 102 valence electrons. The van der Waals surface area contributed by atoms with Crippen LogP contribution in [0.15, 0.2) is 24.4 Å². The lowest BCUT2D eigenvalue weighted by Crippen LogP contribution is -2.07. The van der Waals surface area contributed by atoms with Crippen molar-refractivity contribution in [3.63, 3.8) is 0 Å². The Morgan fingerprint density at radius 2 is 2.21 bits per heavy atom. The molecular weight excluding hydrogens is 343 g/mol. The summed E-state index contributed by atoms with van der Waals surface area (Å²) in [6.45, 7) is -2.63. The van der Waals surface area contributed by atoms with Gasteiger partial charge in [-0.15, -0.1) is 5.10 Å². The first-order chi connectivity index (χ1) is 9.08. The van der Waals surface area contributed by atoms with Crippen molar-refractivity contribution in [2.75, 3.05) is 0 Å². The number of benzene rings is 1. The minimum absolute atomic E-state index is 0.0790. The number of aromatic nitrogens is 3. The first-order valence-electron chi connectivity index (χ1n) is 5.26. The molecule has 1 heterocycles. The van der Waals surface area contributed by atoms with Gasteiger partial charge in [-0.25, -0.2) is 4.68 Å². The van der Waals surface area contributed by atoms with Crippen molar-refractivity contribution >= 4 is 27.5 Å². The molecule has 0 fully saturated rings. The third-order valence-corrected chi connectivity index (χ3v) is 3.10. The molecule has 0 atom stereocenters. The van der Waals surface area contributed by atoms with Gasteiger partial charge in [0.25, 0.3) is 0 Å². The van der Waals surface area contributed by atoms with Crippen LogP contribution in [0.4, 0.5) is 8.78 Å². The normalized spacial score (nSPS) is 11.0. The Bertz CT molecular complexity index is 565. The fraction of sp³-hybridized carbons (Fsp3) is 0.273. The lowest BCUT2D eigenvalue weighted by molar-refractivity contribution is -0.0505. The van der Waals surface area contributed by atoms with Gasteiger partial charge >= 0.3 is 6.61 Å². The van der Waals surface area contributed by atoms with E-state index in [1.54, 1.807) is 12.3 Å². The molecule has 2 aromatic rings. The Morgan fingerprint density at radius 1 is 1.42 bits per heavy atom. The smallest absolute Gasteiger partial charge is 0.387 e. The number of halogens is 4. The van der Waals surface area contributed by atoms with Gasteiger partial charge < -0.3 is 4.74 Å². The minimum Gasteiger partial charge on any atom is -0.434 e. The summed E-state index contributed by atoms with van der Waals surface area (Å²) in [6.07, 6.45) is 1.71. The molecule has 0 aliphatic rings. The van der Waals surface area contributed by atoms with E-state index in [2.05, 4.69) is 31.0 Å². The largest absolute Gasteiger partial charge is 0.434 e. The predicted octanol–water partition coefficient (Wildman–Crippen LogP) is 3.48. The summed E-state index contributed by atoms with van der Waals surface area (Å²) < 4.78 is 30.6. The molecule has 1 aromatic heterocycles. The zero-order valence-corrected chi connectivity index (χ0v) is 11.9. The summed E-state index contributed by atoms with van der Waals surface area (Å²) >= 11 is 9.11. The summed E-state index contributed by atoms with van der Waals surface area (Å²) in [5, 5.41) is 8.79. The first kappa shape index (κ1) is 14.2. The molecule has 0 saturated carbocycles. The molecule has 0 bridgehead atoms. The Kier molecular flexibility index (Phi) is 4.71. The zero-order valence-electron chi connectivity index (χ0n) is 9.56. The van der Waals surface area contributed by atoms with Gasteiger partial charge in [-0.3, -0.25) is 0 Å². The molecular formula is C11H9BrClF2N3O. The second kappa shape index (κ2) is 6.29. The van der Waals surface area contributed by atoms with Crippen LogP contribution < -0.4 is 4.74 Å². The number of ether oxygens (including phenoxy) is 1. The van der Waals surface area contributed by atoms with Crippen molar-refractivity contribution in [2.24, 2.45) is 0 Å². The lowest BCUT2D eigenvalue weighted by atomic mass is 10.2. The summed E-state index contributed by atoms with van der Waals surface area (Å²) in [6, 6.07) is 4.47. The molecule has 19 heavy (non-hydrogen) atoms. The Labute approximate surface area is 121 Å². The topological polar surface area (TPSA) is 39.9 Å². The number of alkyl halides is 3. The Morgan fingerprint density at radius 3 is 2.84 bits per heavy atom. The summed E-state index contributed by atoms with van der Waals surface area (Å²) in [5.41, 5.74) is 1.26. The summed E-state index contributed by atoms with van der Waals surface area (Å²) in [7, 11) is 0. The summed E-state index contributed by atoms with van der Waals surface area (Å²) in [4.78, 5) is 0. The second-order valence-electron chi connectivity index (χ2n) is 3.67. The van der Waals surface area contributed by atoms with Crippen LogP contribution in [-0.4, -0.2) is 21.6 Å². The van der Waals surface area contributed by atoms with Gasteiger partial charge in [0, 0.05) is 22.1 Å². The van der Waals surface area contributed by atoms with Crippen molar-refractivity contribution < 1.29 is 13.5 Å². The van der Waals surface area contributed by atoms with Gasteiger partial charge in [0.15, 0.2) is 0 Å². The van der Waals surface area contributed by atoms with Crippen molar-refractivity contribution in [3.05, 3.63) is 40.7 Å². The number of hydrogen-bond acceptors (Lipinski definition) is 3. The molecule has 0 unspecified atom stereocenters. The Hall–Kier alpha value is -1.21. The highest BCUT2D eigenvalue weighted by molar-refractivity contribution is 9.08. The van der Waals surface area contributed by atoms with Crippen LogP contribution in [0, 0.1) is 0 Å². The van der Waals surface area contributed by atoms with Gasteiger partial charge in [0.2, 0.25) is 0 Å². The highest BCUT2D eigenvalue weighted by atomic mass is 79.9. The van der Waals surface area contributed by atoms with Crippen molar-refractivity contribution in [2.45, 2.75) is 18.5 Å². The van der Waals surface area contributed by atoms with Gasteiger partial charge in [-0.05, 0) is 18.2 Å². The third kappa shape index (κ3) is 3.87. The molecule has 4 nitrogen and oxygen atoms in total. The second-order valence-corrected chi connectivity index (χ2v) is 4.67. The first-order valence-corrected chi connectivity index (χ1v) is 6.76. The molecule has 1 aromatic carbocycles. The molecule has 0 radical (unpaired) electrons. The van der Waals surface area contributed by atoms with Crippen molar-refractivity contribution in [1.82, 2.24) is 15.0 Å². The van der Waals surface area contributed by atoms with E-state index in [1.165, 1.54) is 16.8 Å². The van der Waals surface area contributed by atoms with Crippen LogP contribution in [0.1, 0.15) is 11.3 Å². The van der Waals surface area contributed by atoms with E-state index < -0.39 is 6.61 Å². The number of hydrogen-bond donors (Lipinski definition) is 0. The standard InChI is InChI=1S/C11H9BrClF2N3O/c12-4-9-6-18(17-16-9)5-7-3-8(13)1-2-10(7)19-11(14)15/h1-3,6,11H,4-5H2. The van der Waals surface area contributed by atoms with Crippen LogP contribution in [0.25, 0.3) is 0 Å². The average molecular weight is 353 g/mol. The molecule has 0 amide bonds. The maximum Gasteiger partial charge on any atom is 0.387 e. The van der Waals surface area contributed by atoms with E-state index in [9.17, 15) is 8.78 Å². The van der Waals surface area contributed by atoms with E-state index in [-0.39, 0.29) is 12.3 Å². The van der Waals surface area contributed by atoms with Gasteiger partial charge in [0.05, 0.1) is 12.2 Å². The van der Waals surface area contributed by atoms with Gasteiger partial charge in [0.1, 0.15) is 5.75 Å². The number of rotatable bonds is 5. The van der Waals surface area contributed by atoms with Crippen LogP contribution >= 0.6 is 27.5 Å². The van der Waals surface area contributed by atoms with E-state index in [0.29, 0.717) is 15.9 Å². The SMILES string of the molecule is FC(F)Oc1ccc(Cl)cc1Cn1cc(CBr)nn1. The fourth-order valence-corrected chi connectivity index (χ4v) is 1.99. The minimum atomic E-state index is -2.88. The van der Waals surface area contributed by atoms with E-state index >= 15 is 0 Å². The van der Waals surface area contributed by atoms with Gasteiger partial charge in [-0.1, -0.05) is 32.7 Å². The zero-order chi connectivity index (χ0) is 13.8. The summed E-state index contributed by atoms with van der Waals surface area (Å²) in [5.74, 6) is 0.0790. The van der Waals surface area contributed by atoms with Crippen LogP contribution in [0.2, 0.25) is 5.02 Å². The van der Waals surface area contributed by atoms with E-state index in [4.69, 9.17) is 11.6 Å². The van der Waals surface area contributed by atoms with Crippen LogP contribution in [0.5, 0.6) is 5.75 Å². The van der Waals surface area contributed by atoms with Crippen molar-refractivity contribution in [3.8, 4) is 5.75 Å². The molecule has 0 saturated heterocycles. The maximum atomic E-state index is 12.3. The molecule has 8 heteroatoms.